The number of aliphatic hydroxyl groups excluding tert-OH is 2. The molecule has 1 aliphatic heterocycles. The molecule has 2 aliphatic rings. The van der Waals surface area contributed by atoms with Crippen molar-refractivity contribution in [3.8, 4) is 0 Å². The number of thiophene rings is 1. The highest BCUT2D eigenvalue weighted by Gasteiger charge is 2.31. The van der Waals surface area contributed by atoms with Gasteiger partial charge in [0.15, 0.2) is 0 Å². The zero-order valence-electron chi connectivity index (χ0n) is 13.8. The summed E-state index contributed by atoms with van der Waals surface area (Å²) in [6.07, 6.45) is 2.81. The molecule has 1 aliphatic carbocycles. The summed E-state index contributed by atoms with van der Waals surface area (Å²) in [6.45, 7) is 1.53. The molecule has 134 valence electrons. The molecule has 2 amide bonds. The second-order valence-corrected chi connectivity index (χ2v) is 7.62. The average molecular weight is 354 g/mol. The van der Waals surface area contributed by atoms with Gasteiger partial charge >= 0.3 is 6.03 Å². The molecule has 3 N–H and O–H groups in total. The minimum atomic E-state index is -0.572. The summed E-state index contributed by atoms with van der Waals surface area (Å²) in [7, 11) is 0. The van der Waals surface area contributed by atoms with Crippen LogP contribution in [0.4, 0.5) is 4.79 Å². The third-order valence-electron chi connectivity index (χ3n) is 4.88. The van der Waals surface area contributed by atoms with Crippen molar-refractivity contribution in [3.05, 3.63) is 22.4 Å². The number of aliphatic hydroxyl groups is 2. The lowest BCUT2D eigenvalue weighted by atomic mass is 9.93. The van der Waals surface area contributed by atoms with Crippen molar-refractivity contribution in [2.24, 2.45) is 0 Å². The molecule has 24 heavy (non-hydrogen) atoms. The Morgan fingerprint density at radius 1 is 1.42 bits per heavy atom. The molecule has 2 heterocycles. The highest BCUT2D eigenvalue weighted by molar-refractivity contribution is 7.10. The fourth-order valence-corrected chi connectivity index (χ4v) is 4.17. The number of amides is 2. The first kappa shape index (κ1) is 17.7. The summed E-state index contributed by atoms with van der Waals surface area (Å²) < 4.78 is 5.52. The normalized spacial score (nSPS) is 29.2. The summed E-state index contributed by atoms with van der Waals surface area (Å²) in [5, 5.41) is 25.0. The van der Waals surface area contributed by atoms with Crippen LogP contribution in [0.5, 0.6) is 0 Å². The molecule has 1 saturated heterocycles. The Morgan fingerprint density at radius 2 is 2.21 bits per heavy atom. The molecule has 1 saturated carbocycles. The van der Waals surface area contributed by atoms with Gasteiger partial charge in [-0.25, -0.2) is 4.79 Å². The topological polar surface area (TPSA) is 82.0 Å². The summed E-state index contributed by atoms with van der Waals surface area (Å²) in [5.74, 6) is 0. The Bertz CT molecular complexity index is 517. The molecule has 7 heteroatoms. The molecule has 0 aromatic carbocycles. The maximum atomic E-state index is 12.6. The Hall–Kier alpha value is -1.15. The maximum Gasteiger partial charge on any atom is 0.318 e. The summed E-state index contributed by atoms with van der Waals surface area (Å²) in [6, 6.07) is 3.76. The van der Waals surface area contributed by atoms with Crippen LogP contribution in [0.3, 0.4) is 0 Å². The van der Waals surface area contributed by atoms with E-state index in [0.29, 0.717) is 26.2 Å². The number of urea groups is 1. The highest BCUT2D eigenvalue weighted by Crippen LogP contribution is 2.26. The Balaban J connectivity index is 1.56. The van der Waals surface area contributed by atoms with Crippen LogP contribution < -0.4 is 5.32 Å². The van der Waals surface area contributed by atoms with Crippen molar-refractivity contribution in [1.82, 2.24) is 10.2 Å². The van der Waals surface area contributed by atoms with Crippen LogP contribution >= 0.6 is 11.3 Å². The first-order valence-electron chi connectivity index (χ1n) is 8.68. The van der Waals surface area contributed by atoms with Crippen LogP contribution in [0.15, 0.2) is 17.5 Å². The number of morpholine rings is 1. The largest absolute Gasteiger partial charge is 0.393 e. The minimum absolute atomic E-state index is 0.0805. The zero-order valence-corrected chi connectivity index (χ0v) is 14.6. The van der Waals surface area contributed by atoms with E-state index in [-0.39, 0.29) is 24.2 Å². The number of hydrogen-bond acceptors (Lipinski definition) is 5. The van der Waals surface area contributed by atoms with Gasteiger partial charge in [0, 0.05) is 23.9 Å². The van der Waals surface area contributed by atoms with E-state index in [1.165, 1.54) is 11.3 Å². The average Bonchev–Trinajstić information content (AvgIpc) is 3.12. The van der Waals surface area contributed by atoms with E-state index in [1.807, 2.05) is 17.5 Å². The van der Waals surface area contributed by atoms with Crippen LogP contribution in [-0.4, -0.2) is 59.1 Å². The number of nitrogens with zero attached hydrogens (tertiary/aromatic N) is 1. The van der Waals surface area contributed by atoms with Gasteiger partial charge in [0.25, 0.3) is 0 Å². The van der Waals surface area contributed by atoms with Crippen LogP contribution in [0.25, 0.3) is 0 Å². The lowest BCUT2D eigenvalue weighted by Crippen LogP contribution is -2.55. The zero-order chi connectivity index (χ0) is 16.9. The van der Waals surface area contributed by atoms with Gasteiger partial charge in [-0.05, 0) is 37.1 Å². The Morgan fingerprint density at radius 3 is 2.92 bits per heavy atom. The predicted molar refractivity (Wildman–Crippen MR) is 92.0 cm³/mol. The van der Waals surface area contributed by atoms with Gasteiger partial charge in [-0.15, -0.1) is 11.3 Å². The van der Waals surface area contributed by atoms with Crippen LogP contribution in [0, 0.1) is 0 Å². The monoisotopic (exact) mass is 354 g/mol. The van der Waals surface area contributed by atoms with Gasteiger partial charge < -0.3 is 25.2 Å². The molecule has 1 aromatic rings. The molecule has 2 fully saturated rings. The standard InChI is InChI=1S/C17H26N2O4S/c20-14-5-3-12(4-6-14)18-17(22)19-7-8-23-11-13(19)10-15(21)16-2-1-9-24-16/h1-2,9,12-15,20-21H,3-8,10-11H2,(H,18,22)/t12?,13-,14?,15+/m0/s1. The second kappa shape index (κ2) is 8.29. The van der Waals surface area contributed by atoms with Crippen molar-refractivity contribution in [3.63, 3.8) is 0 Å². The summed E-state index contributed by atoms with van der Waals surface area (Å²) in [5.41, 5.74) is 0. The summed E-state index contributed by atoms with van der Waals surface area (Å²) in [4.78, 5) is 15.4. The Kier molecular flexibility index (Phi) is 6.10. The number of carbonyl (C=O) groups excluding carboxylic acids is 1. The number of ether oxygens (including phenoxy) is 1. The van der Waals surface area contributed by atoms with Crippen molar-refractivity contribution in [2.45, 2.75) is 56.4 Å². The van der Waals surface area contributed by atoms with E-state index in [0.717, 1.165) is 30.6 Å². The van der Waals surface area contributed by atoms with E-state index < -0.39 is 6.10 Å². The summed E-state index contributed by atoms with van der Waals surface area (Å²) >= 11 is 1.52. The van der Waals surface area contributed by atoms with Crippen LogP contribution in [-0.2, 0) is 4.74 Å². The first-order chi connectivity index (χ1) is 11.6. The van der Waals surface area contributed by atoms with E-state index >= 15 is 0 Å². The fraction of sp³-hybridized carbons (Fsp3) is 0.706. The van der Waals surface area contributed by atoms with Gasteiger partial charge in [-0.2, -0.15) is 0 Å². The molecular formula is C17H26N2O4S. The SMILES string of the molecule is O=C(NC1CCC(O)CC1)N1CCOC[C@@H]1C[C@@H](O)c1cccs1. The van der Waals surface area contributed by atoms with Crippen molar-refractivity contribution in [2.75, 3.05) is 19.8 Å². The molecule has 3 rings (SSSR count). The predicted octanol–water partition coefficient (Wildman–Crippen LogP) is 1.89. The molecular weight excluding hydrogens is 328 g/mol. The molecule has 2 atom stereocenters. The van der Waals surface area contributed by atoms with E-state index in [4.69, 9.17) is 4.74 Å². The van der Waals surface area contributed by atoms with Gasteiger partial charge in [0.2, 0.25) is 0 Å². The molecule has 1 aromatic heterocycles. The number of rotatable bonds is 4. The molecule has 0 unspecified atom stereocenters. The number of carbonyl (C=O) groups is 1. The lowest BCUT2D eigenvalue weighted by molar-refractivity contribution is -0.00751. The highest BCUT2D eigenvalue weighted by atomic mass is 32.1. The third kappa shape index (κ3) is 4.47. The Labute approximate surface area is 146 Å². The van der Waals surface area contributed by atoms with Gasteiger partial charge in [-0.3, -0.25) is 0 Å². The van der Waals surface area contributed by atoms with Crippen molar-refractivity contribution >= 4 is 17.4 Å². The lowest BCUT2D eigenvalue weighted by Gasteiger charge is -2.38. The fourth-order valence-electron chi connectivity index (χ4n) is 3.45. The molecule has 0 radical (unpaired) electrons. The molecule has 0 spiro atoms. The van der Waals surface area contributed by atoms with Gasteiger partial charge in [-0.1, -0.05) is 6.07 Å². The van der Waals surface area contributed by atoms with E-state index in [1.54, 1.807) is 4.90 Å². The molecule has 6 nitrogen and oxygen atoms in total. The van der Waals surface area contributed by atoms with Gasteiger partial charge in [0.1, 0.15) is 0 Å². The third-order valence-corrected chi connectivity index (χ3v) is 5.85. The van der Waals surface area contributed by atoms with Crippen molar-refractivity contribution in [1.29, 1.82) is 0 Å². The number of nitrogens with one attached hydrogen (secondary N) is 1. The van der Waals surface area contributed by atoms with Crippen LogP contribution in [0.1, 0.15) is 43.1 Å². The molecule has 0 bridgehead atoms. The van der Waals surface area contributed by atoms with E-state index in [2.05, 4.69) is 5.32 Å². The van der Waals surface area contributed by atoms with Crippen molar-refractivity contribution < 1.29 is 19.7 Å². The van der Waals surface area contributed by atoms with E-state index in [9.17, 15) is 15.0 Å². The second-order valence-electron chi connectivity index (χ2n) is 6.64. The minimum Gasteiger partial charge on any atom is -0.393 e. The van der Waals surface area contributed by atoms with Crippen LogP contribution in [0.2, 0.25) is 0 Å². The quantitative estimate of drug-likeness (QED) is 0.771. The maximum absolute atomic E-state index is 12.6. The first-order valence-corrected chi connectivity index (χ1v) is 9.56. The number of hydrogen-bond donors (Lipinski definition) is 3. The van der Waals surface area contributed by atoms with Gasteiger partial charge in [0.05, 0.1) is 31.5 Å². The smallest absolute Gasteiger partial charge is 0.318 e.